The van der Waals surface area contributed by atoms with Gasteiger partial charge in [0.15, 0.2) is 0 Å². The number of hydrogen-bond acceptors (Lipinski definition) is 7. The van der Waals surface area contributed by atoms with Gasteiger partial charge in [-0.25, -0.2) is 9.97 Å². The second-order valence-electron chi connectivity index (χ2n) is 8.75. The highest BCUT2D eigenvalue weighted by atomic mass is 16.5. The van der Waals surface area contributed by atoms with Crippen molar-refractivity contribution >= 4 is 22.6 Å². The summed E-state index contributed by atoms with van der Waals surface area (Å²) in [7, 11) is 4.18. The van der Waals surface area contributed by atoms with E-state index in [9.17, 15) is 4.79 Å². The molecular weight excluding hydrogens is 392 g/mol. The van der Waals surface area contributed by atoms with Crippen molar-refractivity contribution in [1.82, 2.24) is 24.7 Å². The number of carbonyl (C=O) groups is 1. The van der Waals surface area contributed by atoms with Crippen LogP contribution < -0.4 is 5.32 Å². The number of hydrogen-bond donors (Lipinski definition) is 1. The fourth-order valence-corrected chi connectivity index (χ4v) is 4.25. The first-order valence-electron chi connectivity index (χ1n) is 11.3. The van der Waals surface area contributed by atoms with Gasteiger partial charge in [0.1, 0.15) is 11.6 Å². The molecule has 0 aliphatic carbocycles. The largest absolute Gasteiger partial charge is 0.381 e. The number of piperazine rings is 1. The van der Waals surface area contributed by atoms with Crippen LogP contribution in [0, 0.1) is 5.92 Å². The number of para-hydroxylation sites is 1. The van der Waals surface area contributed by atoms with Gasteiger partial charge in [0, 0.05) is 44.7 Å². The fraction of sp³-hybridized carbons (Fsp3) is 0.609. The van der Waals surface area contributed by atoms with Crippen molar-refractivity contribution in [3.8, 4) is 0 Å². The van der Waals surface area contributed by atoms with Gasteiger partial charge in [-0.05, 0) is 45.6 Å². The lowest BCUT2D eigenvalue weighted by molar-refractivity contribution is -0.137. The normalized spacial score (nSPS) is 20.0. The second-order valence-corrected chi connectivity index (χ2v) is 8.75. The monoisotopic (exact) mass is 426 g/mol. The van der Waals surface area contributed by atoms with Gasteiger partial charge in [-0.1, -0.05) is 12.1 Å². The lowest BCUT2D eigenvalue weighted by atomic mass is 10.1. The van der Waals surface area contributed by atoms with Crippen LogP contribution in [-0.2, 0) is 16.1 Å². The minimum Gasteiger partial charge on any atom is -0.381 e. The number of amides is 1. The summed E-state index contributed by atoms with van der Waals surface area (Å²) in [5.74, 6) is 2.05. The van der Waals surface area contributed by atoms with Gasteiger partial charge < -0.3 is 19.9 Å². The number of nitrogens with zero attached hydrogens (tertiary/aromatic N) is 5. The zero-order valence-corrected chi connectivity index (χ0v) is 18.7. The van der Waals surface area contributed by atoms with E-state index in [4.69, 9.17) is 14.7 Å². The van der Waals surface area contributed by atoms with Crippen LogP contribution in [-0.4, -0.2) is 97.2 Å². The molecule has 1 N–H and O–H groups in total. The smallest absolute Gasteiger partial charge is 0.228 e. The van der Waals surface area contributed by atoms with Gasteiger partial charge in [0.2, 0.25) is 5.91 Å². The van der Waals surface area contributed by atoms with E-state index in [-0.39, 0.29) is 11.8 Å². The van der Waals surface area contributed by atoms with Crippen molar-refractivity contribution < 1.29 is 9.53 Å². The Hall–Kier alpha value is -2.29. The maximum absolute atomic E-state index is 12.6. The number of anilines is 1. The third-order valence-corrected chi connectivity index (χ3v) is 6.05. The summed E-state index contributed by atoms with van der Waals surface area (Å²) >= 11 is 0. The summed E-state index contributed by atoms with van der Waals surface area (Å²) in [6, 6.07) is 8.17. The number of ether oxygens (including phenoxy) is 1. The Morgan fingerprint density at radius 1 is 1.19 bits per heavy atom. The summed E-state index contributed by atoms with van der Waals surface area (Å²) in [5, 5.41) is 4.57. The predicted octanol–water partition coefficient (Wildman–Crippen LogP) is 1.67. The molecule has 31 heavy (non-hydrogen) atoms. The van der Waals surface area contributed by atoms with Gasteiger partial charge in [-0.15, -0.1) is 0 Å². The third-order valence-electron chi connectivity index (χ3n) is 6.05. The Labute approximate surface area is 184 Å². The molecule has 2 aliphatic heterocycles. The molecule has 0 bridgehead atoms. The first-order chi connectivity index (χ1) is 15.1. The number of benzene rings is 1. The van der Waals surface area contributed by atoms with E-state index >= 15 is 0 Å². The van der Waals surface area contributed by atoms with Crippen LogP contribution in [0.25, 0.3) is 10.9 Å². The van der Waals surface area contributed by atoms with Crippen LogP contribution in [0.1, 0.15) is 18.7 Å². The fourth-order valence-electron chi connectivity index (χ4n) is 4.25. The second kappa shape index (κ2) is 10.3. The zero-order valence-electron chi connectivity index (χ0n) is 18.7. The molecule has 1 unspecified atom stereocenters. The van der Waals surface area contributed by atoms with E-state index in [1.165, 1.54) is 0 Å². The summed E-state index contributed by atoms with van der Waals surface area (Å²) in [5.41, 5.74) is 0.970. The average molecular weight is 427 g/mol. The van der Waals surface area contributed by atoms with Gasteiger partial charge in [0.25, 0.3) is 0 Å². The summed E-state index contributed by atoms with van der Waals surface area (Å²) in [6.45, 7) is 7.13. The molecule has 1 aromatic heterocycles. The maximum Gasteiger partial charge on any atom is 0.228 e. The van der Waals surface area contributed by atoms with Gasteiger partial charge in [-0.3, -0.25) is 9.69 Å². The summed E-state index contributed by atoms with van der Waals surface area (Å²) < 4.78 is 5.38. The van der Waals surface area contributed by atoms with Gasteiger partial charge in [-0.2, -0.15) is 0 Å². The molecule has 1 amide bonds. The highest BCUT2D eigenvalue weighted by Crippen LogP contribution is 2.21. The lowest BCUT2D eigenvalue weighted by Gasteiger charge is -2.35. The zero-order chi connectivity index (χ0) is 21.6. The molecular formula is C23H34N6O2. The van der Waals surface area contributed by atoms with Gasteiger partial charge >= 0.3 is 0 Å². The Balaban J connectivity index is 1.37. The maximum atomic E-state index is 12.6. The van der Waals surface area contributed by atoms with Crippen molar-refractivity contribution in [2.45, 2.75) is 19.4 Å². The van der Waals surface area contributed by atoms with E-state index in [0.717, 1.165) is 74.7 Å². The highest BCUT2D eigenvalue weighted by Gasteiger charge is 2.30. The van der Waals surface area contributed by atoms with Crippen molar-refractivity contribution in [3.05, 3.63) is 30.1 Å². The summed E-state index contributed by atoms with van der Waals surface area (Å²) in [6.07, 6.45) is 1.91. The molecule has 1 aromatic carbocycles. The Morgan fingerprint density at radius 3 is 2.74 bits per heavy atom. The SMILES string of the molecule is CN(C)CCCNc1nc(CN2CCN(C(=O)C3CCOC3)CC2)nc2ccccc12. The van der Waals surface area contributed by atoms with Crippen molar-refractivity contribution in [3.63, 3.8) is 0 Å². The molecule has 2 fully saturated rings. The van der Waals surface area contributed by atoms with Crippen LogP contribution in [0.5, 0.6) is 0 Å². The predicted molar refractivity (Wildman–Crippen MR) is 122 cm³/mol. The number of nitrogens with one attached hydrogen (secondary N) is 1. The molecule has 168 valence electrons. The van der Waals surface area contributed by atoms with Crippen LogP contribution in [0.15, 0.2) is 24.3 Å². The number of carbonyl (C=O) groups excluding carboxylic acids is 1. The third kappa shape index (κ3) is 5.70. The number of rotatable bonds is 8. The lowest BCUT2D eigenvalue weighted by Crippen LogP contribution is -2.50. The Kier molecular flexibility index (Phi) is 7.32. The molecule has 8 heteroatoms. The van der Waals surface area contributed by atoms with Crippen LogP contribution >= 0.6 is 0 Å². The topological polar surface area (TPSA) is 73.8 Å². The molecule has 0 saturated carbocycles. The van der Waals surface area contributed by atoms with Crippen LogP contribution in [0.3, 0.4) is 0 Å². The van der Waals surface area contributed by atoms with E-state index in [1.54, 1.807) is 0 Å². The number of fused-ring (bicyclic) bond motifs is 1. The first kappa shape index (κ1) is 21.9. The average Bonchev–Trinajstić information content (AvgIpc) is 3.31. The van der Waals surface area contributed by atoms with Crippen molar-refractivity contribution in [1.29, 1.82) is 0 Å². The molecule has 4 rings (SSSR count). The Bertz CT molecular complexity index is 875. The summed E-state index contributed by atoms with van der Waals surface area (Å²) in [4.78, 5) is 28.8. The molecule has 2 aromatic rings. The molecule has 1 atom stereocenters. The molecule has 3 heterocycles. The standard InChI is InChI=1S/C23H34N6O2/c1-27(2)10-5-9-24-22-19-6-3-4-7-20(19)25-21(26-22)16-28-11-13-29(14-12-28)23(30)18-8-15-31-17-18/h3-4,6-7,18H,5,8-17H2,1-2H3,(H,24,25,26). The van der Waals surface area contributed by atoms with Crippen molar-refractivity contribution in [2.75, 3.05) is 71.9 Å². The molecule has 2 aliphatic rings. The molecule has 2 saturated heterocycles. The van der Waals surface area contributed by atoms with E-state index < -0.39 is 0 Å². The molecule has 0 spiro atoms. The van der Waals surface area contributed by atoms with E-state index in [0.29, 0.717) is 19.8 Å². The van der Waals surface area contributed by atoms with Crippen molar-refractivity contribution in [2.24, 2.45) is 5.92 Å². The molecule has 8 nitrogen and oxygen atoms in total. The minimum absolute atomic E-state index is 0.0523. The minimum atomic E-state index is 0.0523. The quantitative estimate of drug-likeness (QED) is 0.644. The Morgan fingerprint density at radius 2 is 2.00 bits per heavy atom. The highest BCUT2D eigenvalue weighted by molar-refractivity contribution is 5.89. The van der Waals surface area contributed by atoms with E-state index in [2.05, 4.69) is 35.3 Å². The number of aromatic nitrogens is 2. The first-order valence-corrected chi connectivity index (χ1v) is 11.3. The van der Waals surface area contributed by atoms with Crippen LogP contribution in [0.2, 0.25) is 0 Å². The van der Waals surface area contributed by atoms with Crippen LogP contribution in [0.4, 0.5) is 5.82 Å². The van der Waals surface area contributed by atoms with Gasteiger partial charge in [0.05, 0.1) is 24.6 Å². The molecule has 0 radical (unpaired) electrons. The van der Waals surface area contributed by atoms with E-state index in [1.807, 2.05) is 23.1 Å².